The number of nitrogens with zero attached hydrogens (tertiary/aromatic N) is 3. The van der Waals surface area contributed by atoms with E-state index in [1.807, 2.05) is 13.8 Å². The molecule has 9 nitrogen and oxygen atoms in total. The molecular weight excluding hydrogens is 479 g/mol. The highest BCUT2D eigenvalue weighted by atomic mass is 19.1. The normalized spacial score (nSPS) is 15.7. The number of hydrogen-bond donors (Lipinski definition) is 3. The average molecular weight is 519 g/mol. The number of aromatic nitrogens is 2. The summed E-state index contributed by atoms with van der Waals surface area (Å²) in [6.07, 6.45) is 2.87. The summed E-state index contributed by atoms with van der Waals surface area (Å²) in [5, 5.41) is 25.3. The molecule has 1 aromatic heterocycles. The van der Waals surface area contributed by atoms with Crippen LogP contribution >= 0.6 is 0 Å². The number of nitrogens with two attached hydrogens (primary N) is 1. The molecule has 0 bridgehead atoms. The second-order valence-corrected chi connectivity index (χ2v) is 10.4. The molecule has 1 amide bonds. The first-order valence-electron chi connectivity index (χ1n) is 13.0. The van der Waals surface area contributed by atoms with Gasteiger partial charge in [0.15, 0.2) is 5.69 Å². The molecule has 1 saturated carbocycles. The predicted molar refractivity (Wildman–Crippen MR) is 136 cm³/mol. The molecule has 0 spiro atoms. The zero-order valence-electron chi connectivity index (χ0n) is 21.9. The van der Waals surface area contributed by atoms with Crippen molar-refractivity contribution in [3.8, 4) is 5.69 Å². The van der Waals surface area contributed by atoms with Gasteiger partial charge in [-0.1, -0.05) is 26.7 Å². The highest BCUT2D eigenvalue weighted by molar-refractivity contribution is 5.94. The van der Waals surface area contributed by atoms with E-state index in [4.69, 9.17) is 11.0 Å². The highest BCUT2D eigenvalue weighted by Gasteiger charge is 2.29. The third-order valence-corrected chi connectivity index (χ3v) is 7.02. The molecule has 204 valence electrons. The number of carbonyl (C=O) groups excluding carboxylic acids is 2. The molecule has 2 unspecified atom stereocenters. The topological polar surface area (TPSA) is 131 Å². The van der Waals surface area contributed by atoms with E-state index in [1.165, 1.54) is 25.0 Å². The van der Waals surface area contributed by atoms with Gasteiger partial charge in [0.1, 0.15) is 5.82 Å². The lowest BCUT2D eigenvalue weighted by atomic mass is 9.95. The van der Waals surface area contributed by atoms with E-state index in [1.54, 1.807) is 28.8 Å². The van der Waals surface area contributed by atoms with Gasteiger partial charge >= 0.3 is 5.97 Å². The van der Waals surface area contributed by atoms with Crippen molar-refractivity contribution in [1.29, 1.82) is 0 Å². The van der Waals surface area contributed by atoms with Gasteiger partial charge < -0.3 is 20.0 Å². The Balaban J connectivity index is 1.89. The molecular formula is C27H39FN4O5. The van der Waals surface area contributed by atoms with E-state index in [0.29, 0.717) is 30.3 Å². The lowest BCUT2D eigenvalue weighted by Gasteiger charge is -2.21. The molecule has 10 heteroatoms. The summed E-state index contributed by atoms with van der Waals surface area (Å²) in [7, 11) is 1.80. The Morgan fingerprint density at radius 1 is 1.19 bits per heavy atom. The van der Waals surface area contributed by atoms with Crippen LogP contribution in [0.4, 0.5) is 4.39 Å². The minimum atomic E-state index is -1.10. The third-order valence-electron chi connectivity index (χ3n) is 7.02. The van der Waals surface area contributed by atoms with Crippen LogP contribution in [0, 0.1) is 11.7 Å². The van der Waals surface area contributed by atoms with Gasteiger partial charge in [0, 0.05) is 24.8 Å². The van der Waals surface area contributed by atoms with E-state index in [0.717, 1.165) is 24.1 Å². The third kappa shape index (κ3) is 7.59. The van der Waals surface area contributed by atoms with Crippen LogP contribution < -0.4 is 5.90 Å². The summed E-state index contributed by atoms with van der Waals surface area (Å²) < 4.78 is 15.3. The van der Waals surface area contributed by atoms with Crippen molar-refractivity contribution in [2.75, 3.05) is 13.6 Å². The lowest BCUT2D eigenvalue weighted by molar-refractivity contribution is -0.146. The fourth-order valence-electron chi connectivity index (χ4n) is 5.17. The maximum Gasteiger partial charge on any atom is 0.327 e. The molecule has 0 saturated heterocycles. The maximum atomic E-state index is 13.6. The molecule has 3 rings (SSSR count). The number of carbonyl (C=O) groups is 2. The van der Waals surface area contributed by atoms with Crippen molar-refractivity contribution >= 4 is 11.9 Å². The minimum absolute atomic E-state index is 0.0350. The Hall–Kier alpha value is -2.82. The van der Waals surface area contributed by atoms with Gasteiger partial charge in [-0.05, 0) is 68.2 Å². The fourth-order valence-corrected chi connectivity index (χ4v) is 5.17. The standard InChI is InChI=1S/C27H39FN4O5/c1-17(2)25-23(13-12-21(33)14-22(34)15-24(35)37-29)32(20-10-8-19(28)9-11-20)30-26(25)27(36)31(3)16-18-6-4-5-7-18/h8-11,17-18,21-22,33-34H,4-7,12-16,29H2,1-3H3. The smallest absolute Gasteiger partial charge is 0.327 e. The molecule has 1 aromatic carbocycles. The molecule has 1 heterocycles. The van der Waals surface area contributed by atoms with Crippen molar-refractivity contribution in [3.63, 3.8) is 0 Å². The minimum Gasteiger partial charge on any atom is -0.393 e. The number of halogens is 1. The Morgan fingerprint density at radius 3 is 2.43 bits per heavy atom. The first kappa shape index (κ1) is 28.7. The van der Waals surface area contributed by atoms with E-state index in [-0.39, 0.29) is 36.9 Å². The van der Waals surface area contributed by atoms with Crippen LogP contribution in [-0.2, 0) is 16.1 Å². The number of amides is 1. The number of hydrogen-bond acceptors (Lipinski definition) is 7. The van der Waals surface area contributed by atoms with Gasteiger partial charge in [-0.3, -0.25) is 9.59 Å². The Morgan fingerprint density at radius 2 is 1.84 bits per heavy atom. The summed E-state index contributed by atoms with van der Waals surface area (Å²) in [5.74, 6) is 3.97. The molecule has 1 aliphatic carbocycles. The van der Waals surface area contributed by atoms with Crippen molar-refractivity contribution in [3.05, 3.63) is 47.0 Å². The quantitative estimate of drug-likeness (QED) is 0.368. The van der Waals surface area contributed by atoms with E-state index in [9.17, 15) is 24.2 Å². The second-order valence-electron chi connectivity index (χ2n) is 10.4. The maximum absolute atomic E-state index is 13.6. The van der Waals surface area contributed by atoms with Crippen LogP contribution in [-0.4, -0.2) is 62.6 Å². The fraction of sp³-hybridized carbons (Fsp3) is 0.593. The van der Waals surface area contributed by atoms with E-state index < -0.39 is 18.2 Å². The largest absolute Gasteiger partial charge is 0.393 e. The molecule has 37 heavy (non-hydrogen) atoms. The van der Waals surface area contributed by atoms with Crippen LogP contribution in [0.2, 0.25) is 0 Å². The molecule has 4 N–H and O–H groups in total. The molecule has 1 aliphatic rings. The van der Waals surface area contributed by atoms with Gasteiger partial charge in [0.2, 0.25) is 0 Å². The Bertz CT molecular complexity index is 1050. The molecule has 2 aromatic rings. The number of aliphatic hydroxyl groups is 2. The highest BCUT2D eigenvalue weighted by Crippen LogP contribution is 2.30. The number of aliphatic hydroxyl groups excluding tert-OH is 2. The first-order valence-corrected chi connectivity index (χ1v) is 13.0. The molecule has 1 fully saturated rings. The van der Waals surface area contributed by atoms with E-state index >= 15 is 0 Å². The first-order chi connectivity index (χ1) is 17.6. The Labute approximate surface area is 217 Å². The summed E-state index contributed by atoms with van der Waals surface area (Å²) in [4.78, 5) is 30.7. The number of rotatable bonds is 12. The van der Waals surface area contributed by atoms with Crippen molar-refractivity contribution in [2.45, 2.75) is 83.3 Å². The van der Waals surface area contributed by atoms with Crippen LogP contribution in [0.5, 0.6) is 0 Å². The average Bonchev–Trinajstić information content (AvgIpc) is 3.50. The summed E-state index contributed by atoms with van der Waals surface area (Å²) in [6.45, 7) is 4.65. The van der Waals surface area contributed by atoms with Gasteiger partial charge in [-0.15, -0.1) is 0 Å². The van der Waals surface area contributed by atoms with Gasteiger partial charge in [0.05, 0.1) is 24.3 Å². The molecule has 0 aliphatic heterocycles. The van der Waals surface area contributed by atoms with Crippen molar-refractivity contribution in [2.24, 2.45) is 11.8 Å². The van der Waals surface area contributed by atoms with Crippen molar-refractivity contribution in [1.82, 2.24) is 14.7 Å². The summed E-state index contributed by atoms with van der Waals surface area (Å²) in [6, 6.07) is 5.88. The summed E-state index contributed by atoms with van der Waals surface area (Å²) in [5.41, 5.74) is 2.49. The molecule has 0 radical (unpaired) electrons. The molecule has 2 atom stereocenters. The van der Waals surface area contributed by atoms with Crippen LogP contribution in [0.1, 0.15) is 86.5 Å². The lowest BCUT2D eigenvalue weighted by Crippen LogP contribution is -2.32. The van der Waals surface area contributed by atoms with Crippen LogP contribution in [0.3, 0.4) is 0 Å². The van der Waals surface area contributed by atoms with Crippen molar-refractivity contribution < 1.29 is 29.0 Å². The predicted octanol–water partition coefficient (Wildman–Crippen LogP) is 3.25. The monoisotopic (exact) mass is 518 g/mol. The van der Waals surface area contributed by atoms with E-state index in [2.05, 4.69) is 4.84 Å². The number of benzene rings is 1. The zero-order chi connectivity index (χ0) is 27.1. The van der Waals surface area contributed by atoms with Crippen LogP contribution in [0.25, 0.3) is 5.69 Å². The van der Waals surface area contributed by atoms with Gasteiger partial charge in [0.25, 0.3) is 5.91 Å². The Kier molecular flexibility index (Phi) is 10.2. The zero-order valence-corrected chi connectivity index (χ0v) is 21.9. The van der Waals surface area contributed by atoms with Gasteiger partial charge in [-0.25, -0.2) is 9.07 Å². The second kappa shape index (κ2) is 13.1. The van der Waals surface area contributed by atoms with Gasteiger partial charge in [-0.2, -0.15) is 11.0 Å². The SMILES string of the molecule is CC(C)c1c(C(=O)N(C)CC2CCCC2)nn(-c2ccc(F)cc2)c1CCC(O)CC(O)CC(=O)ON. The summed E-state index contributed by atoms with van der Waals surface area (Å²) >= 11 is 0. The van der Waals surface area contributed by atoms with Crippen LogP contribution in [0.15, 0.2) is 24.3 Å².